The fraction of sp³-hybridized carbons (Fsp3) is 0.105. The van der Waals surface area contributed by atoms with Crippen LogP contribution in [0.25, 0.3) is 11.3 Å². The normalized spacial score (nSPS) is 10.8. The number of nitrogens with one attached hydrogen (secondary N) is 2. The Morgan fingerprint density at radius 1 is 1.23 bits per heavy atom. The number of ether oxygens (including phenoxy) is 1. The molecule has 3 N–H and O–H groups in total. The largest absolute Gasteiger partial charge is 0.504 e. The second kappa shape index (κ2) is 7.52. The molecule has 0 bridgehead atoms. The second-order valence-electron chi connectivity index (χ2n) is 5.54. The Labute approximate surface area is 150 Å². The predicted molar refractivity (Wildman–Crippen MR) is 98.5 cm³/mol. The van der Waals surface area contributed by atoms with Crippen molar-refractivity contribution in [2.45, 2.75) is 6.92 Å². The molecular weight excluding hydrogens is 332 g/mol. The highest BCUT2D eigenvalue weighted by atomic mass is 16.5. The van der Waals surface area contributed by atoms with Crippen LogP contribution in [0.5, 0.6) is 11.5 Å². The highest BCUT2D eigenvalue weighted by Crippen LogP contribution is 2.28. The first-order chi connectivity index (χ1) is 12.6. The van der Waals surface area contributed by atoms with E-state index in [9.17, 15) is 9.90 Å². The number of para-hydroxylation sites is 1. The third kappa shape index (κ3) is 3.41. The van der Waals surface area contributed by atoms with Gasteiger partial charge in [-0.1, -0.05) is 36.4 Å². The number of hydrazone groups is 1. The van der Waals surface area contributed by atoms with Gasteiger partial charge in [-0.15, -0.1) is 0 Å². The number of phenols is 1. The number of phenolic OH excluding ortho intramolecular Hbond substituents is 1. The Bertz CT molecular complexity index is 949. The van der Waals surface area contributed by atoms with Gasteiger partial charge in [0.2, 0.25) is 0 Å². The first kappa shape index (κ1) is 17.2. The molecule has 1 aromatic heterocycles. The number of hydrogen-bond acceptors (Lipinski definition) is 5. The molecule has 0 unspecified atom stereocenters. The Balaban J connectivity index is 1.74. The van der Waals surface area contributed by atoms with Gasteiger partial charge in [0.15, 0.2) is 11.5 Å². The maximum absolute atomic E-state index is 12.3. The molecule has 0 aliphatic rings. The number of carbonyl (C=O) groups excluding carboxylic acids is 1. The molecule has 1 heterocycles. The Hall–Kier alpha value is -3.61. The number of rotatable bonds is 5. The molecule has 0 saturated carbocycles. The summed E-state index contributed by atoms with van der Waals surface area (Å²) >= 11 is 0. The van der Waals surface area contributed by atoms with Gasteiger partial charge in [0, 0.05) is 16.7 Å². The Morgan fingerprint density at radius 2 is 2.00 bits per heavy atom. The molecule has 7 nitrogen and oxygen atoms in total. The van der Waals surface area contributed by atoms with Crippen molar-refractivity contribution in [3.63, 3.8) is 0 Å². The predicted octanol–water partition coefficient (Wildman–Crippen LogP) is 2.86. The van der Waals surface area contributed by atoms with Gasteiger partial charge in [-0.2, -0.15) is 10.2 Å². The lowest BCUT2D eigenvalue weighted by molar-refractivity contribution is 0.0949. The maximum atomic E-state index is 12.3. The van der Waals surface area contributed by atoms with E-state index < -0.39 is 5.91 Å². The van der Waals surface area contributed by atoms with Gasteiger partial charge >= 0.3 is 0 Å². The van der Waals surface area contributed by atoms with Gasteiger partial charge < -0.3 is 9.84 Å². The van der Waals surface area contributed by atoms with Crippen LogP contribution in [0.3, 0.4) is 0 Å². The number of aromatic nitrogens is 2. The minimum Gasteiger partial charge on any atom is -0.504 e. The van der Waals surface area contributed by atoms with E-state index in [0.717, 1.165) is 11.1 Å². The van der Waals surface area contributed by atoms with Crippen molar-refractivity contribution in [2.24, 2.45) is 5.10 Å². The second-order valence-corrected chi connectivity index (χ2v) is 5.54. The molecule has 1 amide bonds. The van der Waals surface area contributed by atoms with E-state index in [0.29, 0.717) is 22.7 Å². The van der Waals surface area contributed by atoms with Crippen LogP contribution >= 0.6 is 0 Å². The fourth-order valence-corrected chi connectivity index (χ4v) is 2.52. The summed E-state index contributed by atoms with van der Waals surface area (Å²) in [7, 11) is 1.46. The number of hydrogen-bond donors (Lipinski definition) is 3. The number of carbonyl (C=O) groups is 1. The molecule has 2 aromatic carbocycles. The van der Waals surface area contributed by atoms with Gasteiger partial charge in [0.1, 0.15) is 5.69 Å². The zero-order valence-corrected chi connectivity index (χ0v) is 14.4. The maximum Gasteiger partial charge on any atom is 0.289 e. The van der Waals surface area contributed by atoms with Gasteiger partial charge in [-0.25, -0.2) is 5.43 Å². The van der Waals surface area contributed by atoms with E-state index >= 15 is 0 Å². The van der Waals surface area contributed by atoms with Crippen LogP contribution in [0.15, 0.2) is 53.6 Å². The van der Waals surface area contributed by atoms with Gasteiger partial charge in [0.05, 0.1) is 19.0 Å². The quantitative estimate of drug-likeness (QED) is 0.487. The monoisotopic (exact) mass is 350 g/mol. The molecule has 0 fully saturated rings. The standard InChI is InChI=1S/C19H18N4O3/c1-12-16(13-7-4-3-5-8-13)21-22-17(12)19(25)23-20-11-14-9-6-10-15(26-2)18(14)24/h3-11,24H,1-2H3,(H,21,22)(H,23,25)/b20-11+. The topological polar surface area (TPSA) is 99.6 Å². The van der Waals surface area contributed by atoms with Crippen molar-refractivity contribution in [1.29, 1.82) is 0 Å². The summed E-state index contributed by atoms with van der Waals surface area (Å²) < 4.78 is 5.03. The molecular formula is C19H18N4O3. The van der Waals surface area contributed by atoms with Crippen molar-refractivity contribution in [3.05, 3.63) is 65.4 Å². The van der Waals surface area contributed by atoms with Gasteiger partial charge in [-0.3, -0.25) is 9.89 Å². The summed E-state index contributed by atoms with van der Waals surface area (Å²) in [5, 5.41) is 20.8. The zero-order valence-electron chi connectivity index (χ0n) is 14.4. The molecule has 7 heteroatoms. The van der Waals surface area contributed by atoms with Crippen molar-refractivity contribution in [2.75, 3.05) is 7.11 Å². The van der Waals surface area contributed by atoms with E-state index in [1.165, 1.54) is 13.3 Å². The van der Waals surface area contributed by atoms with Crippen LogP contribution < -0.4 is 10.2 Å². The van der Waals surface area contributed by atoms with Gasteiger partial charge in [0.25, 0.3) is 5.91 Å². The van der Waals surface area contributed by atoms with Crippen LogP contribution in [0, 0.1) is 6.92 Å². The number of aromatic hydroxyl groups is 1. The van der Waals surface area contributed by atoms with Crippen molar-refractivity contribution in [1.82, 2.24) is 15.6 Å². The third-order valence-electron chi connectivity index (χ3n) is 3.90. The number of benzene rings is 2. The third-order valence-corrected chi connectivity index (χ3v) is 3.90. The molecule has 3 aromatic rings. The van der Waals surface area contributed by atoms with Crippen LogP contribution in [0.2, 0.25) is 0 Å². The molecule has 26 heavy (non-hydrogen) atoms. The zero-order chi connectivity index (χ0) is 18.5. The van der Waals surface area contributed by atoms with Crippen molar-refractivity contribution in [3.8, 4) is 22.8 Å². The van der Waals surface area contributed by atoms with E-state index in [4.69, 9.17) is 4.74 Å². The van der Waals surface area contributed by atoms with E-state index in [-0.39, 0.29) is 5.75 Å². The summed E-state index contributed by atoms with van der Waals surface area (Å²) in [6.45, 7) is 1.82. The van der Waals surface area contributed by atoms with E-state index in [2.05, 4.69) is 20.7 Å². The fourth-order valence-electron chi connectivity index (χ4n) is 2.52. The molecule has 0 spiro atoms. The molecule has 0 aliphatic heterocycles. The number of amides is 1. The summed E-state index contributed by atoms with van der Waals surface area (Å²) in [4.78, 5) is 12.3. The average molecular weight is 350 g/mol. The van der Waals surface area contributed by atoms with Gasteiger partial charge in [-0.05, 0) is 19.1 Å². The number of aromatic amines is 1. The summed E-state index contributed by atoms with van der Waals surface area (Å²) in [5.41, 5.74) is 5.55. The molecule has 0 aliphatic carbocycles. The number of H-pyrrole nitrogens is 1. The van der Waals surface area contributed by atoms with E-state index in [1.807, 2.05) is 37.3 Å². The van der Waals surface area contributed by atoms with Crippen LogP contribution in [-0.4, -0.2) is 34.5 Å². The number of methoxy groups -OCH3 is 1. The minimum absolute atomic E-state index is 0.0444. The molecule has 132 valence electrons. The Morgan fingerprint density at radius 3 is 2.73 bits per heavy atom. The molecule has 0 radical (unpaired) electrons. The summed E-state index contributed by atoms with van der Waals surface area (Å²) in [6, 6.07) is 14.6. The van der Waals surface area contributed by atoms with Crippen LogP contribution in [0.1, 0.15) is 21.6 Å². The Kier molecular flexibility index (Phi) is 4.98. The highest BCUT2D eigenvalue weighted by molar-refractivity contribution is 5.96. The van der Waals surface area contributed by atoms with Crippen LogP contribution in [-0.2, 0) is 0 Å². The molecule has 0 atom stereocenters. The summed E-state index contributed by atoms with van der Waals surface area (Å²) in [6.07, 6.45) is 1.35. The smallest absolute Gasteiger partial charge is 0.289 e. The SMILES string of the molecule is COc1cccc(/C=N/NC(=O)c2[nH]nc(-c3ccccc3)c2C)c1O. The summed E-state index contributed by atoms with van der Waals surface area (Å²) in [5.74, 6) is -0.134. The number of nitrogens with zero attached hydrogens (tertiary/aromatic N) is 2. The lowest BCUT2D eigenvalue weighted by atomic mass is 10.1. The lowest BCUT2D eigenvalue weighted by Gasteiger charge is -2.05. The van der Waals surface area contributed by atoms with Crippen molar-refractivity contribution >= 4 is 12.1 Å². The molecule has 0 saturated heterocycles. The van der Waals surface area contributed by atoms with Crippen molar-refractivity contribution < 1.29 is 14.6 Å². The van der Waals surface area contributed by atoms with Crippen LogP contribution in [0.4, 0.5) is 0 Å². The first-order valence-corrected chi connectivity index (χ1v) is 7.91. The van der Waals surface area contributed by atoms with E-state index in [1.54, 1.807) is 18.2 Å². The first-order valence-electron chi connectivity index (χ1n) is 7.91. The minimum atomic E-state index is -0.421. The average Bonchev–Trinajstić information content (AvgIpc) is 3.05. The molecule has 3 rings (SSSR count). The lowest BCUT2D eigenvalue weighted by Crippen LogP contribution is -2.19. The highest BCUT2D eigenvalue weighted by Gasteiger charge is 2.16.